The third-order valence-electron chi connectivity index (χ3n) is 3.56. The van der Waals surface area contributed by atoms with E-state index in [0.29, 0.717) is 29.1 Å². The van der Waals surface area contributed by atoms with Gasteiger partial charge in [0.05, 0.1) is 16.1 Å². The van der Waals surface area contributed by atoms with Crippen molar-refractivity contribution in [1.29, 1.82) is 0 Å². The number of carbonyl (C=O) groups is 1. The van der Waals surface area contributed by atoms with Crippen LogP contribution in [-0.2, 0) is 11.3 Å². The third-order valence-corrected chi connectivity index (χ3v) is 4.94. The molecule has 1 saturated carbocycles. The molecule has 1 aromatic carbocycles. The molecule has 0 aromatic heterocycles. The van der Waals surface area contributed by atoms with E-state index in [4.69, 9.17) is 28.9 Å². The fourth-order valence-corrected chi connectivity index (χ4v) is 3.00. The van der Waals surface area contributed by atoms with Gasteiger partial charge in [-0.2, -0.15) is 11.8 Å². The zero-order valence-electron chi connectivity index (χ0n) is 12.0. The van der Waals surface area contributed by atoms with E-state index in [9.17, 15) is 4.79 Å². The molecule has 1 aliphatic rings. The Hall–Kier alpha value is -0.420. The average Bonchev–Trinajstić information content (AvgIpc) is 3.29. The first-order chi connectivity index (χ1) is 10.0. The standard InChI is InChI=1S/C15H20Cl2N2OS/c1-21-7-6-14(18)15(20)19(11-3-4-11)9-10-2-5-12(16)13(17)8-10/h2,5,8,11,14H,3-4,6-7,9,18H2,1H3/t14-/m0/s1. The quantitative estimate of drug-likeness (QED) is 0.820. The zero-order valence-corrected chi connectivity index (χ0v) is 14.3. The first-order valence-corrected chi connectivity index (χ1v) is 9.17. The Balaban J connectivity index is 2.05. The minimum atomic E-state index is -0.416. The van der Waals surface area contributed by atoms with E-state index in [1.54, 1.807) is 17.8 Å². The molecule has 2 rings (SSSR count). The number of carbonyl (C=O) groups excluding carboxylic acids is 1. The molecule has 0 saturated heterocycles. The average molecular weight is 347 g/mol. The van der Waals surface area contributed by atoms with Gasteiger partial charge in [-0.1, -0.05) is 29.3 Å². The molecule has 21 heavy (non-hydrogen) atoms. The number of nitrogens with two attached hydrogens (primary N) is 1. The van der Waals surface area contributed by atoms with Crippen LogP contribution in [0.15, 0.2) is 18.2 Å². The van der Waals surface area contributed by atoms with Crippen molar-refractivity contribution in [3.63, 3.8) is 0 Å². The maximum Gasteiger partial charge on any atom is 0.240 e. The number of hydrogen-bond donors (Lipinski definition) is 1. The van der Waals surface area contributed by atoms with Gasteiger partial charge in [-0.3, -0.25) is 4.79 Å². The SMILES string of the molecule is CSCC[C@H](N)C(=O)N(Cc1ccc(Cl)c(Cl)c1)C1CC1. The monoisotopic (exact) mass is 346 g/mol. The van der Waals surface area contributed by atoms with Crippen molar-refractivity contribution in [2.45, 2.75) is 37.9 Å². The highest BCUT2D eigenvalue weighted by Gasteiger charge is 2.34. The highest BCUT2D eigenvalue weighted by Crippen LogP contribution is 2.30. The van der Waals surface area contributed by atoms with Gasteiger partial charge in [-0.15, -0.1) is 0 Å². The van der Waals surface area contributed by atoms with Gasteiger partial charge in [0.25, 0.3) is 0 Å². The van der Waals surface area contributed by atoms with Crippen LogP contribution < -0.4 is 5.73 Å². The van der Waals surface area contributed by atoms with Crippen molar-refractivity contribution in [3.05, 3.63) is 33.8 Å². The Labute approximate surface area is 140 Å². The van der Waals surface area contributed by atoms with Crippen LogP contribution in [0.5, 0.6) is 0 Å². The third kappa shape index (κ3) is 4.78. The van der Waals surface area contributed by atoms with Crippen LogP contribution in [0.4, 0.5) is 0 Å². The Bertz CT molecular complexity index is 508. The maximum atomic E-state index is 12.5. The lowest BCUT2D eigenvalue weighted by atomic mass is 10.1. The second-order valence-electron chi connectivity index (χ2n) is 5.33. The molecule has 1 aliphatic carbocycles. The molecule has 6 heteroatoms. The Morgan fingerprint density at radius 1 is 1.43 bits per heavy atom. The van der Waals surface area contributed by atoms with Gasteiger partial charge < -0.3 is 10.6 Å². The van der Waals surface area contributed by atoms with Gasteiger partial charge in [-0.25, -0.2) is 0 Å². The van der Waals surface area contributed by atoms with E-state index < -0.39 is 6.04 Å². The summed E-state index contributed by atoms with van der Waals surface area (Å²) < 4.78 is 0. The predicted octanol–water partition coefficient (Wildman–Crippen LogP) is 3.56. The number of thioether (sulfide) groups is 1. The highest BCUT2D eigenvalue weighted by molar-refractivity contribution is 7.98. The topological polar surface area (TPSA) is 46.3 Å². The molecule has 0 heterocycles. The van der Waals surface area contributed by atoms with Crippen LogP contribution >= 0.6 is 35.0 Å². The largest absolute Gasteiger partial charge is 0.334 e. The van der Waals surface area contributed by atoms with Crippen LogP contribution in [0.25, 0.3) is 0 Å². The van der Waals surface area contributed by atoms with E-state index >= 15 is 0 Å². The summed E-state index contributed by atoms with van der Waals surface area (Å²) >= 11 is 13.7. The molecule has 116 valence electrons. The van der Waals surface area contributed by atoms with Gasteiger partial charge in [0, 0.05) is 12.6 Å². The van der Waals surface area contributed by atoms with Crippen molar-refractivity contribution < 1.29 is 4.79 Å². The molecule has 3 nitrogen and oxygen atoms in total. The van der Waals surface area contributed by atoms with Gasteiger partial charge in [0.2, 0.25) is 5.91 Å². The van der Waals surface area contributed by atoms with Crippen LogP contribution in [-0.4, -0.2) is 34.9 Å². The number of nitrogens with zero attached hydrogens (tertiary/aromatic N) is 1. The summed E-state index contributed by atoms with van der Waals surface area (Å²) in [6.45, 7) is 0.549. The Morgan fingerprint density at radius 2 is 2.14 bits per heavy atom. The van der Waals surface area contributed by atoms with Crippen molar-refractivity contribution in [3.8, 4) is 0 Å². The number of benzene rings is 1. The minimum Gasteiger partial charge on any atom is -0.334 e. The Kier molecular flexibility index (Phi) is 6.23. The lowest BCUT2D eigenvalue weighted by Gasteiger charge is -2.26. The number of halogens is 2. The smallest absolute Gasteiger partial charge is 0.240 e. The van der Waals surface area contributed by atoms with Crippen molar-refractivity contribution in [1.82, 2.24) is 4.90 Å². The number of rotatable bonds is 7. The van der Waals surface area contributed by atoms with Crippen LogP contribution in [0.2, 0.25) is 10.0 Å². The summed E-state index contributed by atoms with van der Waals surface area (Å²) in [5, 5.41) is 1.05. The van der Waals surface area contributed by atoms with E-state index in [1.165, 1.54) is 0 Å². The summed E-state index contributed by atoms with van der Waals surface area (Å²) in [6, 6.07) is 5.40. The van der Waals surface area contributed by atoms with Gasteiger partial charge >= 0.3 is 0 Å². The molecule has 2 N–H and O–H groups in total. The maximum absolute atomic E-state index is 12.5. The first-order valence-electron chi connectivity index (χ1n) is 7.02. The molecule has 1 aromatic rings. The summed E-state index contributed by atoms with van der Waals surface area (Å²) in [7, 11) is 0. The van der Waals surface area contributed by atoms with E-state index in [1.807, 2.05) is 23.3 Å². The molecule has 1 amide bonds. The molecule has 0 aliphatic heterocycles. The molecule has 1 fully saturated rings. The van der Waals surface area contributed by atoms with Crippen LogP contribution in [0.1, 0.15) is 24.8 Å². The molecule has 0 bridgehead atoms. The fraction of sp³-hybridized carbons (Fsp3) is 0.533. The second kappa shape index (κ2) is 7.73. The van der Waals surface area contributed by atoms with Crippen molar-refractivity contribution in [2.75, 3.05) is 12.0 Å². The lowest BCUT2D eigenvalue weighted by molar-refractivity contribution is -0.133. The van der Waals surface area contributed by atoms with Crippen LogP contribution in [0, 0.1) is 0 Å². The van der Waals surface area contributed by atoms with Gasteiger partial charge in [0.1, 0.15) is 0 Å². The van der Waals surface area contributed by atoms with Gasteiger partial charge in [0.15, 0.2) is 0 Å². The summed E-state index contributed by atoms with van der Waals surface area (Å²) in [5.74, 6) is 0.940. The van der Waals surface area contributed by atoms with Crippen molar-refractivity contribution >= 4 is 40.9 Å². The van der Waals surface area contributed by atoms with Crippen molar-refractivity contribution in [2.24, 2.45) is 5.73 Å². The Morgan fingerprint density at radius 3 is 2.71 bits per heavy atom. The minimum absolute atomic E-state index is 0.0395. The molecule has 0 unspecified atom stereocenters. The highest BCUT2D eigenvalue weighted by atomic mass is 35.5. The molecular formula is C15H20Cl2N2OS. The van der Waals surface area contributed by atoms with Gasteiger partial charge in [-0.05, 0) is 49.0 Å². The molecule has 0 spiro atoms. The summed E-state index contributed by atoms with van der Waals surface area (Å²) in [5.41, 5.74) is 7.01. The number of amides is 1. The van der Waals surface area contributed by atoms with E-state index in [2.05, 4.69) is 0 Å². The molecule has 1 atom stereocenters. The fourth-order valence-electron chi connectivity index (χ4n) is 2.19. The molecular weight excluding hydrogens is 327 g/mol. The lowest BCUT2D eigenvalue weighted by Crippen LogP contribution is -2.44. The van der Waals surface area contributed by atoms with E-state index in [0.717, 1.165) is 24.2 Å². The second-order valence-corrected chi connectivity index (χ2v) is 7.13. The summed E-state index contributed by atoms with van der Waals surface area (Å²) in [4.78, 5) is 14.4. The molecule has 0 radical (unpaired) electrons. The normalized spacial score (nSPS) is 15.8. The predicted molar refractivity (Wildman–Crippen MR) is 91.0 cm³/mol. The van der Waals surface area contributed by atoms with E-state index in [-0.39, 0.29) is 5.91 Å². The van der Waals surface area contributed by atoms with Crippen LogP contribution in [0.3, 0.4) is 0 Å². The first kappa shape index (κ1) is 16.9. The number of hydrogen-bond acceptors (Lipinski definition) is 3. The summed E-state index contributed by atoms with van der Waals surface area (Å²) in [6.07, 6.45) is 4.85. The zero-order chi connectivity index (χ0) is 15.4.